The van der Waals surface area contributed by atoms with Crippen molar-refractivity contribution in [1.82, 2.24) is 0 Å². The van der Waals surface area contributed by atoms with E-state index in [1.54, 1.807) is 38.3 Å². The Bertz CT molecular complexity index is 941. The van der Waals surface area contributed by atoms with Gasteiger partial charge >= 0.3 is 0 Å². The predicted octanol–water partition coefficient (Wildman–Crippen LogP) is 4.81. The lowest BCUT2D eigenvalue weighted by Gasteiger charge is -2.49. The standard InChI is InChI=1S/C24H28N4O3/c1-4-5-6-7-8-9-19-23(14-25,15-26)24(16-27)20(22(2,30-19)31-21(24)28)17-10-12-18(29-3)13-11-17/h10-13,19-20,28H,4-9H2,1-3H3. The van der Waals surface area contributed by atoms with Crippen molar-refractivity contribution in [2.45, 2.75) is 70.2 Å². The number of ether oxygens (including phenoxy) is 3. The van der Waals surface area contributed by atoms with Gasteiger partial charge in [-0.05, 0) is 24.1 Å². The maximum Gasteiger partial charge on any atom is 0.218 e. The lowest BCUT2D eigenvalue weighted by atomic mass is 9.52. The Morgan fingerprint density at radius 1 is 1.03 bits per heavy atom. The first-order valence-electron chi connectivity index (χ1n) is 10.7. The van der Waals surface area contributed by atoms with Crippen molar-refractivity contribution < 1.29 is 14.2 Å². The fraction of sp³-hybridized carbons (Fsp3) is 0.583. The van der Waals surface area contributed by atoms with Gasteiger partial charge in [0.25, 0.3) is 0 Å². The fourth-order valence-electron chi connectivity index (χ4n) is 5.10. The van der Waals surface area contributed by atoms with Gasteiger partial charge in [-0.25, -0.2) is 0 Å². The molecule has 0 spiro atoms. The van der Waals surface area contributed by atoms with Crippen LogP contribution in [0, 0.1) is 50.2 Å². The molecule has 7 heteroatoms. The highest BCUT2D eigenvalue weighted by molar-refractivity contribution is 5.90. The molecule has 1 aromatic carbocycles. The molecule has 162 valence electrons. The Kier molecular flexibility index (Phi) is 6.25. The van der Waals surface area contributed by atoms with Crippen LogP contribution in [0.4, 0.5) is 0 Å². The van der Waals surface area contributed by atoms with Gasteiger partial charge in [-0.15, -0.1) is 0 Å². The minimum absolute atomic E-state index is 0.380. The maximum absolute atomic E-state index is 10.4. The number of nitrogens with one attached hydrogen (secondary N) is 1. The van der Waals surface area contributed by atoms with E-state index < -0.39 is 28.6 Å². The third-order valence-corrected chi connectivity index (χ3v) is 6.65. The molecular weight excluding hydrogens is 392 g/mol. The van der Waals surface area contributed by atoms with Gasteiger partial charge in [-0.3, -0.25) is 5.41 Å². The smallest absolute Gasteiger partial charge is 0.218 e. The molecule has 7 nitrogen and oxygen atoms in total. The number of rotatable bonds is 8. The maximum atomic E-state index is 10.4. The molecule has 2 aliphatic heterocycles. The van der Waals surface area contributed by atoms with Crippen molar-refractivity contribution in [3.63, 3.8) is 0 Å². The van der Waals surface area contributed by atoms with Gasteiger partial charge in [0.05, 0.1) is 37.3 Å². The highest BCUT2D eigenvalue weighted by atomic mass is 16.7. The molecule has 1 aromatic rings. The largest absolute Gasteiger partial charge is 0.497 e. The molecule has 2 fully saturated rings. The minimum Gasteiger partial charge on any atom is -0.497 e. The third-order valence-electron chi connectivity index (χ3n) is 6.65. The number of fused-ring (bicyclic) bond motifs is 2. The van der Waals surface area contributed by atoms with E-state index in [1.165, 1.54) is 0 Å². The molecule has 3 rings (SSSR count). The summed E-state index contributed by atoms with van der Waals surface area (Å²) in [6.07, 6.45) is 4.66. The van der Waals surface area contributed by atoms with Gasteiger partial charge in [0.1, 0.15) is 5.75 Å². The molecule has 0 aromatic heterocycles. The Morgan fingerprint density at radius 3 is 2.23 bits per heavy atom. The van der Waals surface area contributed by atoms with E-state index in [2.05, 4.69) is 25.1 Å². The first-order valence-corrected chi connectivity index (χ1v) is 10.7. The summed E-state index contributed by atoms with van der Waals surface area (Å²) in [5.41, 5.74) is -2.97. The van der Waals surface area contributed by atoms with Gasteiger partial charge in [-0.1, -0.05) is 51.2 Å². The number of hydrogen-bond acceptors (Lipinski definition) is 7. The molecule has 4 unspecified atom stereocenters. The van der Waals surface area contributed by atoms with Gasteiger partial charge in [0.15, 0.2) is 10.8 Å². The molecule has 0 aliphatic carbocycles. The van der Waals surface area contributed by atoms with Crippen molar-refractivity contribution in [2.75, 3.05) is 7.11 Å². The molecule has 2 bridgehead atoms. The van der Waals surface area contributed by atoms with Crippen LogP contribution >= 0.6 is 0 Å². The molecular formula is C24H28N4O3. The lowest BCUT2D eigenvalue weighted by Crippen LogP contribution is -2.60. The lowest BCUT2D eigenvalue weighted by molar-refractivity contribution is -0.251. The molecule has 2 saturated heterocycles. The molecule has 1 N–H and O–H groups in total. The number of unbranched alkanes of at least 4 members (excludes halogenated alkanes) is 4. The second-order valence-corrected chi connectivity index (χ2v) is 8.41. The van der Waals surface area contributed by atoms with Crippen LogP contribution in [0.3, 0.4) is 0 Å². The van der Waals surface area contributed by atoms with E-state index in [-0.39, 0.29) is 5.90 Å². The quantitative estimate of drug-likeness (QED) is 0.602. The van der Waals surface area contributed by atoms with Crippen LogP contribution in [0.2, 0.25) is 0 Å². The summed E-state index contributed by atoms with van der Waals surface area (Å²) in [5, 5.41) is 39.4. The highest BCUT2D eigenvalue weighted by Crippen LogP contribution is 2.66. The minimum atomic E-state index is -1.86. The Balaban J connectivity index is 2.07. The third kappa shape index (κ3) is 3.23. The number of methoxy groups -OCH3 is 1. The van der Waals surface area contributed by atoms with Crippen LogP contribution in [0.15, 0.2) is 24.3 Å². The first-order chi connectivity index (χ1) is 14.9. The van der Waals surface area contributed by atoms with Crippen molar-refractivity contribution in [3.8, 4) is 24.0 Å². The summed E-state index contributed by atoms with van der Waals surface area (Å²) in [6, 6.07) is 13.4. The van der Waals surface area contributed by atoms with Crippen molar-refractivity contribution in [1.29, 1.82) is 21.2 Å². The van der Waals surface area contributed by atoms with Gasteiger partial charge in [0.2, 0.25) is 11.7 Å². The zero-order valence-corrected chi connectivity index (χ0v) is 18.3. The van der Waals surface area contributed by atoms with E-state index in [1.807, 2.05) is 0 Å². The summed E-state index contributed by atoms with van der Waals surface area (Å²) in [5.74, 6) is -1.88. The number of benzene rings is 1. The SMILES string of the molecule is CCCCCCCC1OC2(C)OC(=N)C(C#N)(C2c2ccc(OC)cc2)C1(C#N)C#N. The summed E-state index contributed by atoms with van der Waals surface area (Å²) < 4.78 is 17.4. The second-order valence-electron chi connectivity index (χ2n) is 8.41. The van der Waals surface area contributed by atoms with Crippen LogP contribution < -0.4 is 4.74 Å². The number of nitrogens with zero attached hydrogens (tertiary/aromatic N) is 3. The zero-order valence-electron chi connectivity index (χ0n) is 18.3. The van der Waals surface area contributed by atoms with E-state index in [9.17, 15) is 15.8 Å². The summed E-state index contributed by atoms with van der Waals surface area (Å²) in [4.78, 5) is 0. The molecule has 4 atom stereocenters. The Labute approximate surface area is 183 Å². The van der Waals surface area contributed by atoms with Crippen molar-refractivity contribution >= 4 is 5.90 Å². The van der Waals surface area contributed by atoms with Gasteiger partial charge < -0.3 is 14.2 Å². The average molecular weight is 421 g/mol. The Hall–Kier alpha value is -3.08. The highest BCUT2D eigenvalue weighted by Gasteiger charge is 2.79. The summed E-state index contributed by atoms with van der Waals surface area (Å²) in [6.45, 7) is 3.83. The Morgan fingerprint density at radius 2 is 1.68 bits per heavy atom. The monoisotopic (exact) mass is 420 g/mol. The molecule has 31 heavy (non-hydrogen) atoms. The van der Waals surface area contributed by atoms with Crippen molar-refractivity contribution in [3.05, 3.63) is 29.8 Å². The molecule has 0 amide bonds. The van der Waals surface area contributed by atoms with Crippen LogP contribution in [0.25, 0.3) is 0 Å². The number of hydrogen-bond donors (Lipinski definition) is 1. The van der Waals surface area contributed by atoms with Crippen LogP contribution in [-0.4, -0.2) is 24.9 Å². The van der Waals surface area contributed by atoms with Crippen LogP contribution in [-0.2, 0) is 9.47 Å². The van der Waals surface area contributed by atoms with Gasteiger partial charge in [0, 0.05) is 6.92 Å². The van der Waals surface area contributed by atoms with E-state index >= 15 is 0 Å². The molecule has 2 aliphatic rings. The van der Waals surface area contributed by atoms with Crippen molar-refractivity contribution in [2.24, 2.45) is 10.8 Å². The molecule has 0 radical (unpaired) electrons. The topological polar surface area (TPSA) is 123 Å². The fourth-order valence-corrected chi connectivity index (χ4v) is 5.10. The van der Waals surface area contributed by atoms with Crippen LogP contribution in [0.5, 0.6) is 5.75 Å². The van der Waals surface area contributed by atoms with E-state index in [4.69, 9.17) is 19.6 Å². The number of nitriles is 3. The first kappa shape index (κ1) is 22.6. The van der Waals surface area contributed by atoms with E-state index in [0.717, 1.165) is 32.1 Å². The summed E-state index contributed by atoms with van der Waals surface area (Å²) >= 11 is 0. The molecule has 2 heterocycles. The second kappa shape index (κ2) is 8.58. The average Bonchev–Trinajstić information content (AvgIpc) is 2.97. The zero-order chi connectivity index (χ0) is 22.7. The summed E-state index contributed by atoms with van der Waals surface area (Å²) in [7, 11) is 1.56. The van der Waals surface area contributed by atoms with Crippen LogP contribution in [0.1, 0.15) is 63.9 Å². The molecule has 0 saturated carbocycles. The normalized spacial score (nSPS) is 30.5. The predicted molar refractivity (Wildman–Crippen MR) is 113 cm³/mol. The van der Waals surface area contributed by atoms with Gasteiger partial charge in [-0.2, -0.15) is 15.8 Å². The van der Waals surface area contributed by atoms with E-state index in [0.29, 0.717) is 17.7 Å².